The number of pyridine rings is 1. The van der Waals surface area contributed by atoms with E-state index in [1.54, 1.807) is 0 Å². The lowest BCUT2D eigenvalue weighted by Gasteiger charge is -2.11. The Hall–Kier alpha value is -2.44. The van der Waals surface area contributed by atoms with E-state index in [4.69, 9.17) is 5.73 Å². The Bertz CT molecular complexity index is 650. The van der Waals surface area contributed by atoms with E-state index in [1.165, 1.54) is 12.1 Å². The van der Waals surface area contributed by atoms with Crippen LogP contribution in [-0.4, -0.2) is 10.9 Å². The van der Waals surface area contributed by atoms with Crippen LogP contribution in [0.5, 0.6) is 0 Å². The van der Waals surface area contributed by atoms with Crippen molar-refractivity contribution in [3.63, 3.8) is 0 Å². The van der Waals surface area contributed by atoms with Crippen molar-refractivity contribution in [3.05, 3.63) is 53.5 Å². The molecule has 1 amide bonds. The van der Waals surface area contributed by atoms with Gasteiger partial charge in [0.05, 0.1) is 11.3 Å². The first-order valence-corrected chi connectivity index (χ1v) is 5.43. The Kier molecular flexibility index (Phi) is 3.44. The zero-order valence-corrected chi connectivity index (χ0v) is 9.91. The van der Waals surface area contributed by atoms with Crippen LogP contribution in [0.3, 0.4) is 0 Å². The number of nitrogens with two attached hydrogens (primary N) is 1. The number of hydrogen-bond donors (Lipinski definition) is 1. The van der Waals surface area contributed by atoms with Gasteiger partial charge in [-0.15, -0.1) is 0 Å². The molecule has 20 heavy (non-hydrogen) atoms. The number of nitrogens with zero attached hydrogens (tertiary/aromatic N) is 1. The molecule has 104 valence electrons. The molecule has 0 atom stereocenters. The highest BCUT2D eigenvalue weighted by atomic mass is 19.4. The maximum absolute atomic E-state index is 12.8. The van der Waals surface area contributed by atoms with Gasteiger partial charge in [-0.3, -0.25) is 4.79 Å². The molecule has 3 nitrogen and oxygen atoms in total. The summed E-state index contributed by atoms with van der Waals surface area (Å²) in [6.07, 6.45) is -4.65. The number of benzene rings is 1. The van der Waals surface area contributed by atoms with Crippen LogP contribution in [0.4, 0.5) is 17.6 Å². The third kappa shape index (κ3) is 2.76. The Balaban J connectivity index is 2.64. The van der Waals surface area contributed by atoms with Gasteiger partial charge in [-0.05, 0) is 36.4 Å². The van der Waals surface area contributed by atoms with Gasteiger partial charge < -0.3 is 5.73 Å². The number of halogens is 4. The smallest absolute Gasteiger partial charge is 0.366 e. The first-order chi connectivity index (χ1) is 9.29. The standard InChI is InChI=1S/C13H8F4N2O/c14-8-3-1-7(2-4-8)11-9(12(18)20)5-6-10(19-11)13(15,16)17/h1-6H,(H2,18,20). The summed E-state index contributed by atoms with van der Waals surface area (Å²) >= 11 is 0. The van der Waals surface area contributed by atoms with Crippen LogP contribution in [0.1, 0.15) is 16.1 Å². The molecule has 0 aliphatic heterocycles. The first kappa shape index (κ1) is 14.0. The maximum atomic E-state index is 12.8. The van der Waals surface area contributed by atoms with Crippen LogP contribution in [0.15, 0.2) is 36.4 Å². The molecular weight excluding hydrogens is 276 g/mol. The minimum absolute atomic E-state index is 0.162. The molecule has 1 heterocycles. The molecule has 2 rings (SSSR count). The van der Waals surface area contributed by atoms with Gasteiger partial charge in [-0.25, -0.2) is 9.37 Å². The van der Waals surface area contributed by atoms with E-state index in [-0.39, 0.29) is 16.8 Å². The lowest BCUT2D eigenvalue weighted by Crippen LogP contribution is -2.16. The average Bonchev–Trinajstić information content (AvgIpc) is 2.37. The number of amides is 1. The van der Waals surface area contributed by atoms with Crippen LogP contribution >= 0.6 is 0 Å². The van der Waals surface area contributed by atoms with E-state index >= 15 is 0 Å². The van der Waals surface area contributed by atoms with Crippen molar-refractivity contribution in [2.24, 2.45) is 5.73 Å². The van der Waals surface area contributed by atoms with E-state index in [1.807, 2.05) is 0 Å². The molecule has 0 aliphatic rings. The number of rotatable bonds is 2. The molecule has 0 saturated carbocycles. The largest absolute Gasteiger partial charge is 0.433 e. The second kappa shape index (κ2) is 4.92. The summed E-state index contributed by atoms with van der Waals surface area (Å²) in [5.74, 6) is -1.47. The quantitative estimate of drug-likeness (QED) is 0.862. The summed E-state index contributed by atoms with van der Waals surface area (Å²) in [7, 11) is 0. The Morgan fingerprint density at radius 2 is 1.65 bits per heavy atom. The van der Waals surface area contributed by atoms with Gasteiger partial charge in [0.25, 0.3) is 5.91 Å². The van der Waals surface area contributed by atoms with Crippen molar-refractivity contribution in [2.45, 2.75) is 6.18 Å². The summed E-state index contributed by atoms with van der Waals surface area (Å²) < 4.78 is 50.8. The number of hydrogen-bond acceptors (Lipinski definition) is 2. The summed E-state index contributed by atoms with van der Waals surface area (Å²) in [6.45, 7) is 0. The average molecular weight is 284 g/mol. The third-order valence-corrected chi connectivity index (χ3v) is 2.57. The van der Waals surface area contributed by atoms with E-state index < -0.39 is 23.6 Å². The zero-order chi connectivity index (χ0) is 14.9. The summed E-state index contributed by atoms with van der Waals surface area (Å²) in [4.78, 5) is 14.7. The first-order valence-electron chi connectivity index (χ1n) is 5.43. The molecule has 1 aromatic heterocycles. The van der Waals surface area contributed by atoms with Crippen molar-refractivity contribution in [1.82, 2.24) is 4.98 Å². The second-order valence-corrected chi connectivity index (χ2v) is 3.96. The van der Waals surface area contributed by atoms with Crippen molar-refractivity contribution in [3.8, 4) is 11.3 Å². The highest BCUT2D eigenvalue weighted by molar-refractivity contribution is 5.98. The van der Waals surface area contributed by atoms with Crippen LogP contribution in [0.25, 0.3) is 11.3 Å². The van der Waals surface area contributed by atoms with Gasteiger partial charge in [0, 0.05) is 5.56 Å². The van der Waals surface area contributed by atoms with E-state index in [9.17, 15) is 22.4 Å². The number of alkyl halides is 3. The summed E-state index contributed by atoms with van der Waals surface area (Å²) in [5, 5.41) is 0. The maximum Gasteiger partial charge on any atom is 0.433 e. The number of carbonyl (C=O) groups is 1. The van der Waals surface area contributed by atoms with Crippen molar-refractivity contribution in [1.29, 1.82) is 0 Å². The monoisotopic (exact) mass is 284 g/mol. The zero-order valence-electron chi connectivity index (χ0n) is 9.91. The minimum Gasteiger partial charge on any atom is -0.366 e. The van der Waals surface area contributed by atoms with E-state index in [0.717, 1.165) is 18.2 Å². The van der Waals surface area contributed by atoms with Gasteiger partial charge in [0.1, 0.15) is 11.5 Å². The number of primary amides is 1. The normalized spacial score (nSPS) is 11.4. The summed E-state index contributed by atoms with van der Waals surface area (Å²) in [5.41, 5.74) is 3.74. The highest BCUT2D eigenvalue weighted by Gasteiger charge is 2.33. The van der Waals surface area contributed by atoms with Gasteiger partial charge in [0.2, 0.25) is 0 Å². The molecule has 0 radical (unpaired) electrons. The summed E-state index contributed by atoms with van der Waals surface area (Å²) in [6, 6.07) is 6.20. The van der Waals surface area contributed by atoms with Crippen LogP contribution in [0.2, 0.25) is 0 Å². The number of aromatic nitrogens is 1. The van der Waals surface area contributed by atoms with E-state index in [0.29, 0.717) is 6.07 Å². The molecule has 1 aromatic carbocycles. The highest BCUT2D eigenvalue weighted by Crippen LogP contribution is 2.31. The number of carbonyl (C=O) groups excluding carboxylic acids is 1. The molecule has 0 spiro atoms. The Morgan fingerprint density at radius 1 is 1.05 bits per heavy atom. The Morgan fingerprint density at radius 3 is 2.15 bits per heavy atom. The molecule has 0 unspecified atom stereocenters. The van der Waals surface area contributed by atoms with Crippen molar-refractivity contribution < 1.29 is 22.4 Å². The fourth-order valence-electron chi connectivity index (χ4n) is 1.64. The predicted octanol–water partition coefficient (Wildman–Crippen LogP) is 3.01. The van der Waals surface area contributed by atoms with Crippen molar-refractivity contribution in [2.75, 3.05) is 0 Å². The lowest BCUT2D eigenvalue weighted by atomic mass is 10.0. The van der Waals surface area contributed by atoms with Crippen LogP contribution in [-0.2, 0) is 6.18 Å². The second-order valence-electron chi connectivity index (χ2n) is 3.96. The van der Waals surface area contributed by atoms with Gasteiger partial charge in [-0.1, -0.05) is 0 Å². The SMILES string of the molecule is NC(=O)c1ccc(C(F)(F)F)nc1-c1ccc(F)cc1. The lowest BCUT2D eigenvalue weighted by molar-refractivity contribution is -0.141. The minimum atomic E-state index is -4.65. The van der Waals surface area contributed by atoms with Crippen LogP contribution in [0, 0.1) is 5.82 Å². The molecule has 2 aromatic rings. The molecule has 0 bridgehead atoms. The molecule has 7 heteroatoms. The van der Waals surface area contributed by atoms with Gasteiger partial charge in [0.15, 0.2) is 0 Å². The predicted molar refractivity (Wildman–Crippen MR) is 63.2 cm³/mol. The van der Waals surface area contributed by atoms with Gasteiger partial charge in [-0.2, -0.15) is 13.2 Å². The fraction of sp³-hybridized carbons (Fsp3) is 0.0769. The molecule has 0 aliphatic carbocycles. The molecule has 0 fully saturated rings. The van der Waals surface area contributed by atoms with E-state index in [2.05, 4.69) is 4.98 Å². The third-order valence-electron chi connectivity index (χ3n) is 2.57. The molecular formula is C13H8F4N2O. The Labute approximate surface area is 111 Å². The van der Waals surface area contributed by atoms with Crippen molar-refractivity contribution >= 4 is 5.91 Å². The van der Waals surface area contributed by atoms with Crippen LogP contribution < -0.4 is 5.73 Å². The topological polar surface area (TPSA) is 56.0 Å². The molecule has 2 N–H and O–H groups in total. The fourth-order valence-corrected chi connectivity index (χ4v) is 1.64. The van der Waals surface area contributed by atoms with Gasteiger partial charge >= 0.3 is 6.18 Å². The molecule has 0 saturated heterocycles.